The Labute approximate surface area is 181 Å². The normalized spacial score (nSPS) is 22.3. The number of aliphatic hydroxyl groups is 1. The Balaban J connectivity index is 1.36. The van der Waals surface area contributed by atoms with Crippen molar-refractivity contribution in [2.45, 2.75) is 64.1 Å². The molecule has 160 valence electrons. The third-order valence-electron chi connectivity index (χ3n) is 6.25. The number of rotatable bonds is 5. The molecule has 2 heterocycles. The average Bonchev–Trinajstić information content (AvgIpc) is 3.38. The number of β-amino-alcohol motifs (C(OH)–C–C–N with tert-alkyl or cyclic N) is 1. The molecule has 1 aliphatic carbocycles. The molecule has 2 N–H and O–H groups in total. The van der Waals surface area contributed by atoms with E-state index in [-0.39, 0.29) is 24.3 Å². The molecule has 0 radical (unpaired) electrons. The number of hydrogen-bond donors (Lipinski definition) is 2. The summed E-state index contributed by atoms with van der Waals surface area (Å²) in [4.78, 5) is 32.8. The highest BCUT2D eigenvalue weighted by Crippen LogP contribution is 2.29. The van der Waals surface area contributed by atoms with Gasteiger partial charge in [0.2, 0.25) is 11.8 Å². The van der Waals surface area contributed by atoms with E-state index in [1.807, 2.05) is 36.7 Å². The van der Waals surface area contributed by atoms with Gasteiger partial charge in [0.15, 0.2) is 0 Å². The molecule has 1 saturated carbocycles. The number of aliphatic hydroxyl groups excluding tert-OH is 1. The summed E-state index contributed by atoms with van der Waals surface area (Å²) in [7, 11) is 0. The van der Waals surface area contributed by atoms with Crippen LogP contribution in [0.3, 0.4) is 0 Å². The van der Waals surface area contributed by atoms with E-state index in [0.29, 0.717) is 13.0 Å². The predicted octanol–water partition coefficient (Wildman–Crippen LogP) is 3.28. The Hall–Kier alpha value is -2.25. The Kier molecular flexibility index (Phi) is 6.49. The van der Waals surface area contributed by atoms with Crippen molar-refractivity contribution in [3.05, 3.63) is 41.0 Å². The second-order valence-corrected chi connectivity index (χ2v) is 9.27. The van der Waals surface area contributed by atoms with Crippen molar-refractivity contribution in [1.82, 2.24) is 15.2 Å². The summed E-state index contributed by atoms with van der Waals surface area (Å²) >= 11 is 1.62. The standard InChI is InChI=1S/C23H29N3O3S/c1-15-21(30-14-25-15)17-9-7-16(8-10-17)12-24-22(28)20-11-19(27)13-26(20)23(29)18-5-3-2-4-6-18/h7-10,14,18-20,27H,2-6,11-13H2,1H3,(H,24,28)/t19-,20+/m1/s1. The number of nitrogens with one attached hydrogen (secondary N) is 1. The first kappa shape index (κ1) is 21.0. The van der Waals surface area contributed by atoms with E-state index in [4.69, 9.17) is 0 Å². The summed E-state index contributed by atoms with van der Waals surface area (Å²) < 4.78 is 0. The summed E-state index contributed by atoms with van der Waals surface area (Å²) in [6, 6.07) is 7.51. The van der Waals surface area contributed by atoms with E-state index in [9.17, 15) is 14.7 Å². The van der Waals surface area contributed by atoms with E-state index in [0.717, 1.165) is 47.4 Å². The molecule has 7 heteroatoms. The number of carbonyl (C=O) groups is 2. The fourth-order valence-electron chi connectivity index (χ4n) is 4.55. The Morgan fingerprint density at radius 3 is 2.60 bits per heavy atom. The highest BCUT2D eigenvalue weighted by atomic mass is 32.1. The molecule has 2 amide bonds. The van der Waals surface area contributed by atoms with Crippen molar-refractivity contribution in [2.24, 2.45) is 5.92 Å². The van der Waals surface area contributed by atoms with Gasteiger partial charge in [-0.3, -0.25) is 9.59 Å². The lowest BCUT2D eigenvalue weighted by molar-refractivity contribution is -0.142. The average molecular weight is 428 g/mol. The minimum atomic E-state index is -0.629. The number of aromatic nitrogens is 1. The zero-order chi connectivity index (χ0) is 21.1. The van der Waals surface area contributed by atoms with Gasteiger partial charge in [-0.1, -0.05) is 43.5 Å². The number of amides is 2. The van der Waals surface area contributed by atoms with Gasteiger partial charge in [0.1, 0.15) is 6.04 Å². The maximum atomic E-state index is 12.9. The summed E-state index contributed by atoms with van der Waals surface area (Å²) in [5.41, 5.74) is 4.98. The van der Waals surface area contributed by atoms with Crippen molar-refractivity contribution < 1.29 is 14.7 Å². The summed E-state index contributed by atoms with van der Waals surface area (Å²) in [6.07, 6.45) is 4.79. The smallest absolute Gasteiger partial charge is 0.243 e. The molecule has 2 atom stereocenters. The second-order valence-electron chi connectivity index (χ2n) is 8.41. The van der Waals surface area contributed by atoms with Gasteiger partial charge < -0.3 is 15.3 Å². The zero-order valence-corrected chi connectivity index (χ0v) is 18.2. The SMILES string of the molecule is Cc1ncsc1-c1ccc(CNC(=O)[C@@H]2C[C@@H](O)CN2C(=O)C2CCCCC2)cc1. The van der Waals surface area contributed by atoms with E-state index >= 15 is 0 Å². The number of likely N-dealkylation sites (tertiary alicyclic amines) is 1. The lowest BCUT2D eigenvalue weighted by atomic mass is 9.88. The van der Waals surface area contributed by atoms with Gasteiger partial charge in [-0.05, 0) is 30.9 Å². The van der Waals surface area contributed by atoms with Crippen LogP contribution in [0.15, 0.2) is 29.8 Å². The Bertz CT molecular complexity index is 889. The van der Waals surface area contributed by atoms with Gasteiger partial charge in [-0.25, -0.2) is 4.98 Å². The molecule has 1 aromatic carbocycles. The molecule has 1 aliphatic heterocycles. The minimum Gasteiger partial charge on any atom is -0.391 e. The maximum absolute atomic E-state index is 12.9. The van der Waals surface area contributed by atoms with Crippen LogP contribution in [0.1, 0.15) is 49.8 Å². The van der Waals surface area contributed by atoms with E-state index in [1.165, 1.54) is 6.42 Å². The molecule has 2 aliphatic rings. The number of benzene rings is 1. The first-order chi connectivity index (χ1) is 14.5. The van der Waals surface area contributed by atoms with E-state index in [2.05, 4.69) is 10.3 Å². The number of thiazole rings is 1. The van der Waals surface area contributed by atoms with Crippen molar-refractivity contribution in [3.63, 3.8) is 0 Å². The quantitative estimate of drug-likeness (QED) is 0.767. The number of aryl methyl sites for hydroxylation is 1. The molecule has 2 fully saturated rings. The highest BCUT2D eigenvalue weighted by Gasteiger charge is 2.41. The number of hydrogen-bond acceptors (Lipinski definition) is 5. The van der Waals surface area contributed by atoms with Gasteiger partial charge >= 0.3 is 0 Å². The molecule has 4 rings (SSSR count). The molecule has 1 saturated heterocycles. The first-order valence-corrected chi connectivity index (χ1v) is 11.7. The van der Waals surface area contributed by atoms with Crippen LogP contribution >= 0.6 is 11.3 Å². The third-order valence-corrected chi connectivity index (χ3v) is 7.23. The van der Waals surface area contributed by atoms with Gasteiger partial charge in [0.05, 0.1) is 22.2 Å². The molecule has 0 bridgehead atoms. The van der Waals surface area contributed by atoms with Gasteiger partial charge in [0, 0.05) is 25.4 Å². The predicted molar refractivity (Wildman–Crippen MR) is 117 cm³/mol. The van der Waals surface area contributed by atoms with Gasteiger partial charge in [-0.2, -0.15) is 0 Å². The molecular formula is C23H29N3O3S. The van der Waals surface area contributed by atoms with Crippen LogP contribution < -0.4 is 5.32 Å². The lowest BCUT2D eigenvalue weighted by Gasteiger charge is -2.29. The first-order valence-electron chi connectivity index (χ1n) is 10.8. The molecule has 30 heavy (non-hydrogen) atoms. The molecule has 1 aromatic heterocycles. The number of nitrogens with zero attached hydrogens (tertiary/aromatic N) is 2. The van der Waals surface area contributed by atoms with Gasteiger partial charge in [0.25, 0.3) is 0 Å². The van der Waals surface area contributed by atoms with Crippen LogP contribution in [0.4, 0.5) is 0 Å². The van der Waals surface area contributed by atoms with Crippen molar-refractivity contribution in [1.29, 1.82) is 0 Å². The van der Waals surface area contributed by atoms with E-state index < -0.39 is 12.1 Å². The Morgan fingerprint density at radius 1 is 1.20 bits per heavy atom. The molecule has 6 nitrogen and oxygen atoms in total. The summed E-state index contributed by atoms with van der Waals surface area (Å²) in [5, 5.41) is 13.1. The molecule has 0 unspecified atom stereocenters. The maximum Gasteiger partial charge on any atom is 0.243 e. The molecule has 0 spiro atoms. The lowest BCUT2D eigenvalue weighted by Crippen LogP contribution is -2.48. The summed E-state index contributed by atoms with van der Waals surface area (Å²) in [5.74, 6) is -0.143. The van der Waals surface area contributed by atoms with E-state index in [1.54, 1.807) is 16.2 Å². The fraction of sp³-hybridized carbons (Fsp3) is 0.522. The largest absolute Gasteiger partial charge is 0.391 e. The monoisotopic (exact) mass is 427 g/mol. The van der Waals surface area contributed by atoms with Gasteiger partial charge in [-0.15, -0.1) is 11.3 Å². The van der Waals surface area contributed by atoms with Crippen LogP contribution in [-0.2, 0) is 16.1 Å². The van der Waals surface area contributed by atoms with Crippen LogP contribution in [0.2, 0.25) is 0 Å². The minimum absolute atomic E-state index is 0.00194. The van der Waals surface area contributed by atoms with Crippen LogP contribution in [-0.4, -0.2) is 45.5 Å². The van der Waals surface area contributed by atoms with Crippen LogP contribution in [0.25, 0.3) is 10.4 Å². The molecule has 2 aromatic rings. The third kappa shape index (κ3) is 4.57. The van der Waals surface area contributed by atoms with Crippen molar-refractivity contribution in [2.75, 3.05) is 6.54 Å². The van der Waals surface area contributed by atoms with Crippen molar-refractivity contribution in [3.8, 4) is 10.4 Å². The topological polar surface area (TPSA) is 82.5 Å². The number of carbonyl (C=O) groups excluding carboxylic acids is 2. The van der Waals surface area contributed by atoms with Crippen LogP contribution in [0, 0.1) is 12.8 Å². The fourth-order valence-corrected chi connectivity index (χ4v) is 5.36. The van der Waals surface area contributed by atoms with Crippen molar-refractivity contribution >= 4 is 23.2 Å². The Morgan fingerprint density at radius 2 is 1.93 bits per heavy atom. The second kappa shape index (κ2) is 9.27. The zero-order valence-electron chi connectivity index (χ0n) is 17.3. The highest BCUT2D eigenvalue weighted by molar-refractivity contribution is 7.13. The molecular weight excluding hydrogens is 398 g/mol. The van der Waals surface area contributed by atoms with Crippen LogP contribution in [0.5, 0.6) is 0 Å². The summed E-state index contributed by atoms with van der Waals surface area (Å²) in [6.45, 7) is 2.66.